The maximum absolute atomic E-state index is 12.4. The van der Waals surface area contributed by atoms with E-state index in [-0.39, 0.29) is 11.1 Å². The Morgan fingerprint density at radius 3 is 2.04 bits per heavy atom. The van der Waals surface area contributed by atoms with Gasteiger partial charge < -0.3 is 9.47 Å². The third-order valence-electron chi connectivity index (χ3n) is 4.31. The molecule has 1 aliphatic heterocycles. The Kier molecular flexibility index (Phi) is 5.03. The zero-order valence-corrected chi connectivity index (χ0v) is 14.8. The molecule has 2 aromatic carbocycles. The van der Waals surface area contributed by atoms with Crippen molar-refractivity contribution in [1.29, 1.82) is 0 Å². The van der Waals surface area contributed by atoms with Gasteiger partial charge in [-0.05, 0) is 43.3 Å². The summed E-state index contributed by atoms with van der Waals surface area (Å²) in [5, 5.41) is 0. The number of nitrogens with zero attached hydrogens (tertiary/aromatic N) is 1. The van der Waals surface area contributed by atoms with E-state index in [0.29, 0.717) is 11.3 Å². The second-order valence-electron chi connectivity index (χ2n) is 5.96. The Bertz CT molecular complexity index is 883. The molecule has 0 spiro atoms. The van der Waals surface area contributed by atoms with E-state index in [1.807, 2.05) is 0 Å². The number of esters is 1. The molecule has 3 rings (SSSR count). The van der Waals surface area contributed by atoms with Crippen LogP contribution in [0.4, 0.5) is 0 Å². The summed E-state index contributed by atoms with van der Waals surface area (Å²) >= 11 is 0. The highest BCUT2D eigenvalue weighted by atomic mass is 16.5. The fourth-order valence-corrected chi connectivity index (χ4v) is 2.78. The summed E-state index contributed by atoms with van der Waals surface area (Å²) in [6.45, 7) is 0.903. The number of imide groups is 1. The molecule has 7 heteroatoms. The van der Waals surface area contributed by atoms with Gasteiger partial charge in [0.15, 0.2) is 12.4 Å². The number of hydrogen-bond donors (Lipinski definition) is 0. The molecule has 1 heterocycles. The molecule has 7 nitrogen and oxygen atoms in total. The monoisotopic (exact) mass is 367 g/mol. The summed E-state index contributed by atoms with van der Waals surface area (Å²) in [5.41, 5.74) is 0.852. The van der Waals surface area contributed by atoms with Crippen molar-refractivity contribution in [1.82, 2.24) is 4.90 Å². The number of benzene rings is 2. The van der Waals surface area contributed by atoms with Crippen molar-refractivity contribution in [2.45, 2.75) is 13.0 Å². The van der Waals surface area contributed by atoms with E-state index in [9.17, 15) is 19.2 Å². The molecule has 0 radical (unpaired) electrons. The summed E-state index contributed by atoms with van der Waals surface area (Å²) in [6, 6.07) is 11.6. The summed E-state index contributed by atoms with van der Waals surface area (Å²) in [6.07, 6.45) is 0. The van der Waals surface area contributed by atoms with Crippen LogP contribution in [0.15, 0.2) is 48.5 Å². The quantitative estimate of drug-likeness (QED) is 0.441. The van der Waals surface area contributed by atoms with Gasteiger partial charge >= 0.3 is 5.97 Å². The predicted octanol–water partition coefficient (Wildman–Crippen LogP) is 2.11. The van der Waals surface area contributed by atoms with Crippen molar-refractivity contribution in [3.05, 3.63) is 65.2 Å². The predicted molar refractivity (Wildman–Crippen MR) is 94.7 cm³/mol. The number of ketones is 1. The first-order valence-electron chi connectivity index (χ1n) is 8.25. The van der Waals surface area contributed by atoms with E-state index in [0.717, 1.165) is 4.90 Å². The molecule has 1 atom stereocenters. The number of rotatable bonds is 6. The van der Waals surface area contributed by atoms with Crippen molar-refractivity contribution in [2.24, 2.45) is 0 Å². The number of carbonyl (C=O) groups is 4. The van der Waals surface area contributed by atoms with E-state index in [1.54, 1.807) is 36.4 Å². The molecule has 138 valence electrons. The van der Waals surface area contributed by atoms with Gasteiger partial charge in [-0.1, -0.05) is 12.1 Å². The highest BCUT2D eigenvalue weighted by molar-refractivity contribution is 6.22. The number of hydrogen-bond acceptors (Lipinski definition) is 6. The van der Waals surface area contributed by atoms with Crippen LogP contribution in [0, 0.1) is 0 Å². The summed E-state index contributed by atoms with van der Waals surface area (Å²) in [4.78, 5) is 50.0. The van der Waals surface area contributed by atoms with Gasteiger partial charge in [-0.25, -0.2) is 4.79 Å². The van der Waals surface area contributed by atoms with Crippen molar-refractivity contribution in [3.63, 3.8) is 0 Å². The van der Waals surface area contributed by atoms with Crippen LogP contribution >= 0.6 is 0 Å². The molecular weight excluding hydrogens is 350 g/mol. The van der Waals surface area contributed by atoms with E-state index < -0.39 is 36.2 Å². The first kappa shape index (κ1) is 18.3. The van der Waals surface area contributed by atoms with Crippen molar-refractivity contribution >= 4 is 23.6 Å². The number of ether oxygens (including phenoxy) is 2. The number of fused-ring (bicyclic) bond motifs is 1. The molecule has 2 amide bonds. The first-order chi connectivity index (χ1) is 12.9. The number of carbonyl (C=O) groups excluding carboxylic acids is 4. The van der Waals surface area contributed by atoms with Gasteiger partial charge in [0, 0.05) is 5.56 Å². The molecule has 1 aliphatic rings. The van der Waals surface area contributed by atoms with Crippen LogP contribution in [0.2, 0.25) is 0 Å². The maximum Gasteiger partial charge on any atom is 0.329 e. The van der Waals surface area contributed by atoms with Crippen LogP contribution in [0.3, 0.4) is 0 Å². The highest BCUT2D eigenvalue weighted by Gasteiger charge is 2.41. The zero-order chi connectivity index (χ0) is 19.6. The Labute approximate surface area is 155 Å². The lowest BCUT2D eigenvalue weighted by molar-refractivity contribution is -0.146. The van der Waals surface area contributed by atoms with Crippen molar-refractivity contribution < 1.29 is 28.7 Å². The zero-order valence-electron chi connectivity index (χ0n) is 14.8. The lowest BCUT2D eigenvalue weighted by atomic mass is 10.1. The summed E-state index contributed by atoms with van der Waals surface area (Å²) in [5.74, 6) is -1.74. The smallest absolute Gasteiger partial charge is 0.329 e. The number of amides is 2. The van der Waals surface area contributed by atoms with Crippen LogP contribution < -0.4 is 4.74 Å². The summed E-state index contributed by atoms with van der Waals surface area (Å²) in [7, 11) is 1.51. The molecule has 2 aromatic rings. The fraction of sp³-hybridized carbons (Fsp3) is 0.200. The lowest BCUT2D eigenvalue weighted by Crippen LogP contribution is -2.44. The number of Topliss-reactive ketones (excluding diaryl/α,β-unsaturated/α-hetero) is 1. The van der Waals surface area contributed by atoms with Gasteiger partial charge in [-0.2, -0.15) is 0 Å². The molecule has 0 saturated heterocycles. The molecular formula is C20H17NO6. The van der Waals surface area contributed by atoms with Crippen LogP contribution in [0.1, 0.15) is 38.0 Å². The van der Waals surface area contributed by atoms with Gasteiger partial charge in [0.25, 0.3) is 11.8 Å². The first-order valence-corrected chi connectivity index (χ1v) is 8.25. The van der Waals surface area contributed by atoms with Crippen LogP contribution in [-0.2, 0) is 9.53 Å². The molecule has 0 bridgehead atoms. The van der Waals surface area contributed by atoms with Gasteiger partial charge in [-0.15, -0.1) is 0 Å². The second kappa shape index (κ2) is 7.41. The normalized spacial score (nSPS) is 13.9. The summed E-state index contributed by atoms with van der Waals surface area (Å²) < 4.78 is 10.0. The third-order valence-corrected chi connectivity index (χ3v) is 4.31. The molecule has 0 fully saturated rings. The molecule has 0 N–H and O–H groups in total. The minimum Gasteiger partial charge on any atom is -0.497 e. The van der Waals surface area contributed by atoms with Gasteiger partial charge in [0.05, 0.1) is 18.2 Å². The Hall–Kier alpha value is -3.48. The second-order valence-corrected chi connectivity index (χ2v) is 5.96. The Morgan fingerprint density at radius 1 is 0.963 bits per heavy atom. The van der Waals surface area contributed by atoms with E-state index in [4.69, 9.17) is 9.47 Å². The van der Waals surface area contributed by atoms with E-state index in [1.165, 1.54) is 26.2 Å². The molecule has 0 saturated carbocycles. The van der Waals surface area contributed by atoms with Crippen LogP contribution in [-0.4, -0.2) is 48.2 Å². The third kappa shape index (κ3) is 3.44. The highest BCUT2D eigenvalue weighted by Crippen LogP contribution is 2.24. The van der Waals surface area contributed by atoms with Gasteiger partial charge in [-0.3, -0.25) is 19.3 Å². The Morgan fingerprint density at radius 2 is 1.52 bits per heavy atom. The van der Waals surface area contributed by atoms with E-state index >= 15 is 0 Å². The van der Waals surface area contributed by atoms with Gasteiger partial charge in [0.1, 0.15) is 11.8 Å². The van der Waals surface area contributed by atoms with Crippen LogP contribution in [0.25, 0.3) is 0 Å². The fourth-order valence-electron chi connectivity index (χ4n) is 2.78. The topological polar surface area (TPSA) is 90.0 Å². The largest absolute Gasteiger partial charge is 0.497 e. The average Bonchev–Trinajstić information content (AvgIpc) is 2.96. The molecule has 0 aliphatic carbocycles. The minimum atomic E-state index is -1.14. The van der Waals surface area contributed by atoms with Gasteiger partial charge in [0.2, 0.25) is 0 Å². The average molecular weight is 367 g/mol. The lowest BCUT2D eigenvalue weighted by Gasteiger charge is -2.20. The SMILES string of the molecule is COc1ccc(C(=O)COC(=O)[C@H](C)N2C(=O)c3ccccc3C2=O)cc1. The molecule has 27 heavy (non-hydrogen) atoms. The van der Waals surface area contributed by atoms with Crippen molar-refractivity contribution in [3.8, 4) is 5.75 Å². The molecule has 0 unspecified atom stereocenters. The Balaban J connectivity index is 1.63. The number of methoxy groups -OCH3 is 1. The maximum atomic E-state index is 12.4. The minimum absolute atomic E-state index is 0.247. The van der Waals surface area contributed by atoms with E-state index in [2.05, 4.69) is 0 Å². The molecule has 0 aromatic heterocycles. The standard InChI is InChI=1S/C20H17NO6/c1-12(21-18(23)15-5-3-4-6-16(15)19(21)24)20(25)27-11-17(22)13-7-9-14(26-2)10-8-13/h3-10,12H,11H2,1-2H3/t12-/m0/s1. The van der Waals surface area contributed by atoms with Crippen molar-refractivity contribution in [2.75, 3.05) is 13.7 Å². The van der Waals surface area contributed by atoms with Crippen LogP contribution in [0.5, 0.6) is 5.75 Å².